The second-order valence-corrected chi connectivity index (χ2v) is 21.6. The number of sulfone groups is 1. The summed E-state index contributed by atoms with van der Waals surface area (Å²) < 4.78 is 46.2. The minimum Gasteiger partial charge on any atom is -0.481 e. The Hall–Kier alpha value is -5.11. The number of ketones is 4. The number of carboxylic acid groups (broad SMARTS) is 2. The lowest BCUT2D eigenvalue weighted by Gasteiger charge is -2.16. The summed E-state index contributed by atoms with van der Waals surface area (Å²) in [5, 5.41) is 40.6. The van der Waals surface area contributed by atoms with E-state index in [-0.39, 0.29) is 139 Å². The quantitative estimate of drug-likeness (QED) is 0.0502. The largest absolute Gasteiger partial charge is 0.481 e. The molecule has 0 spiro atoms. The van der Waals surface area contributed by atoms with E-state index < -0.39 is 70.1 Å². The Kier molecular flexibility index (Phi) is 40.7. The van der Waals surface area contributed by atoms with Gasteiger partial charge in [0.25, 0.3) is 0 Å². The summed E-state index contributed by atoms with van der Waals surface area (Å²) in [5.41, 5.74) is 0. The van der Waals surface area contributed by atoms with Crippen molar-refractivity contribution in [3.63, 3.8) is 0 Å². The molecule has 1 heterocycles. The number of amides is 3. The molecule has 3 atom stereocenters. The van der Waals surface area contributed by atoms with Crippen molar-refractivity contribution >= 4 is 62.6 Å². The molecule has 440 valence electrons. The molecule has 3 amide bonds. The number of aliphatic carboxylic acids is 2. The average Bonchev–Trinajstić information content (AvgIpc) is 3.90. The predicted molar refractivity (Wildman–Crippen MR) is 282 cm³/mol. The lowest BCUT2D eigenvalue weighted by atomic mass is 9.97. The molecule has 0 radical (unpaired) electrons. The first-order valence-corrected chi connectivity index (χ1v) is 29.3. The zero-order chi connectivity index (χ0) is 56.9. The number of rotatable bonds is 54. The van der Waals surface area contributed by atoms with E-state index in [4.69, 9.17) is 18.9 Å². The van der Waals surface area contributed by atoms with Gasteiger partial charge in [0.2, 0.25) is 17.7 Å². The van der Waals surface area contributed by atoms with E-state index >= 15 is 0 Å². The molecule has 0 saturated carbocycles. The zero-order valence-corrected chi connectivity index (χ0v) is 46.5. The predicted octanol–water partition coefficient (Wildman–Crippen LogP) is 4.02. The van der Waals surface area contributed by atoms with Crippen molar-refractivity contribution in [3.05, 3.63) is 5.82 Å². The highest BCUT2D eigenvalue weighted by Gasteiger charge is 2.25. The molecule has 1 aromatic heterocycles. The van der Waals surface area contributed by atoms with Gasteiger partial charge >= 0.3 is 11.9 Å². The third kappa shape index (κ3) is 41.6. The molecule has 77 heavy (non-hydrogen) atoms. The second-order valence-electron chi connectivity index (χ2n) is 19.4. The van der Waals surface area contributed by atoms with Gasteiger partial charge in [-0.05, 0) is 58.3 Å². The van der Waals surface area contributed by atoms with Gasteiger partial charge in [0.1, 0.15) is 42.4 Å². The van der Waals surface area contributed by atoms with Gasteiger partial charge in [0, 0.05) is 70.6 Å². The summed E-state index contributed by atoms with van der Waals surface area (Å²) in [7, 11) is -3.57. The average molecular weight is 1120 g/mol. The molecule has 0 bridgehead atoms. The van der Waals surface area contributed by atoms with Crippen LogP contribution in [-0.4, -0.2) is 176 Å². The Morgan fingerprint density at radius 3 is 1.78 bits per heavy atom. The topological polar surface area (TPSA) is 356 Å². The van der Waals surface area contributed by atoms with Crippen molar-refractivity contribution < 1.29 is 80.7 Å². The highest BCUT2D eigenvalue weighted by atomic mass is 32.2. The molecule has 0 aliphatic carbocycles. The number of aryl methyl sites for hydroxylation is 1. The van der Waals surface area contributed by atoms with E-state index in [0.717, 1.165) is 57.2 Å². The summed E-state index contributed by atoms with van der Waals surface area (Å²) in [5.74, 6) is -6.14. The molecule has 0 saturated heterocycles. The molecule has 1 aromatic rings. The molecule has 24 nitrogen and oxygen atoms in total. The number of hydrogen-bond acceptors (Lipinski definition) is 18. The summed E-state index contributed by atoms with van der Waals surface area (Å²) in [6, 6.07) is -1.37. The van der Waals surface area contributed by atoms with Gasteiger partial charge in [-0.15, -0.1) is 10.2 Å². The SMILES string of the molecule is CC(=O)[C@@H](C)CCCCNC(=O)CC[C@H](NC(=O)CC[C@H](CC(=O)COCCOCCNC(=O)COCCOCCCC(=O)CCCS(=O)(=O)CC(=O)CCCCCCCCCCCCCc1nn[nH]n1)C(=O)O)C(=O)O. The first kappa shape index (κ1) is 69.9. The Bertz CT molecular complexity index is 1970. The Morgan fingerprint density at radius 2 is 1.14 bits per heavy atom. The fraction of sp³-hybridized carbons (Fsp3) is 0.808. The number of nitrogens with zero attached hydrogens (tertiary/aromatic N) is 3. The molecule has 0 aliphatic heterocycles. The lowest BCUT2D eigenvalue weighted by Crippen LogP contribution is -2.42. The number of hydrogen-bond donors (Lipinski definition) is 6. The number of tetrazole rings is 1. The maximum Gasteiger partial charge on any atom is 0.326 e. The Balaban J connectivity index is 2.00. The van der Waals surface area contributed by atoms with Crippen molar-refractivity contribution in [2.75, 3.05) is 77.5 Å². The van der Waals surface area contributed by atoms with Crippen LogP contribution >= 0.6 is 0 Å². The van der Waals surface area contributed by atoms with Crippen molar-refractivity contribution in [2.24, 2.45) is 11.8 Å². The number of carbonyl (C=O) groups excluding carboxylic acids is 7. The highest BCUT2D eigenvalue weighted by Crippen LogP contribution is 2.15. The molecule has 25 heteroatoms. The summed E-state index contributed by atoms with van der Waals surface area (Å²) in [6.07, 6.45) is 14.8. The van der Waals surface area contributed by atoms with E-state index in [1.807, 2.05) is 6.92 Å². The van der Waals surface area contributed by atoms with E-state index in [2.05, 4.69) is 36.6 Å². The van der Waals surface area contributed by atoms with Crippen LogP contribution in [0.25, 0.3) is 0 Å². The highest BCUT2D eigenvalue weighted by molar-refractivity contribution is 7.92. The van der Waals surface area contributed by atoms with Crippen LogP contribution in [0.15, 0.2) is 0 Å². The minimum absolute atomic E-state index is 0.00944. The van der Waals surface area contributed by atoms with Gasteiger partial charge in [0.15, 0.2) is 21.4 Å². The number of ether oxygens (including phenoxy) is 4. The summed E-state index contributed by atoms with van der Waals surface area (Å²) in [4.78, 5) is 108. The fourth-order valence-corrected chi connectivity index (χ4v) is 9.17. The monoisotopic (exact) mass is 1120 g/mol. The standard InChI is InChI=1S/C52H89N7O17S/c1-40(41(2)60)18-14-15-27-53-48(64)26-24-46(52(69)70)55-49(65)25-23-42(51(67)68)36-45(63)37-75-33-32-74-30-28-54-50(66)38-76-34-31-73-29-16-20-43(61)21-17-35-77(71,72)39-44(62)19-12-10-8-6-4-3-5-7-9-11-13-22-47-56-58-59-57-47/h40,42,46H,3-39H2,1-2H3,(H,53,64)(H,54,66)(H,55,65)(H,67,68)(H,69,70)(H,56,57,58,59)/t40-,42+,46-/m0/s1. The lowest BCUT2D eigenvalue weighted by molar-refractivity contribution is -0.145. The number of H-pyrrole nitrogens is 1. The van der Waals surface area contributed by atoms with Crippen LogP contribution in [0, 0.1) is 11.8 Å². The van der Waals surface area contributed by atoms with E-state index in [1.165, 1.54) is 32.6 Å². The van der Waals surface area contributed by atoms with E-state index in [0.29, 0.717) is 32.2 Å². The van der Waals surface area contributed by atoms with Crippen LogP contribution in [-0.2, 0) is 78.4 Å². The van der Waals surface area contributed by atoms with Crippen LogP contribution in [0.3, 0.4) is 0 Å². The molecule has 6 N–H and O–H groups in total. The fourth-order valence-electron chi connectivity index (χ4n) is 7.81. The number of nitrogens with one attached hydrogen (secondary N) is 4. The minimum atomic E-state index is -3.57. The molecule has 0 unspecified atom stereocenters. The van der Waals surface area contributed by atoms with Gasteiger partial charge in [-0.1, -0.05) is 76.3 Å². The maximum absolute atomic E-state index is 12.5. The maximum atomic E-state index is 12.5. The van der Waals surface area contributed by atoms with Gasteiger partial charge in [0.05, 0.1) is 44.7 Å². The van der Waals surface area contributed by atoms with Gasteiger partial charge in [-0.25, -0.2) is 13.2 Å². The van der Waals surface area contributed by atoms with Gasteiger partial charge in [-0.3, -0.25) is 38.4 Å². The first-order valence-electron chi connectivity index (χ1n) is 27.5. The number of aromatic nitrogens is 4. The number of carboxylic acids is 2. The Labute approximate surface area is 454 Å². The molecular weight excluding hydrogens is 1030 g/mol. The third-order valence-corrected chi connectivity index (χ3v) is 14.2. The molecule has 0 fully saturated rings. The van der Waals surface area contributed by atoms with Crippen LogP contribution in [0.2, 0.25) is 0 Å². The van der Waals surface area contributed by atoms with Crippen LogP contribution < -0.4 is 16.0 Å². The van der Waals surface area contributed by atoms with Crippen LogP contribution in [0.4, 0.5) is 0 Å². The van der Waals surface area contributed by atoms with Gasteiger partial charge < -0.3 is 45.1 Å². The van der Waals surface area contributed by atoms with Crippen molar-refractivity contribution in [2.45, 2.75) is 180 Å². The molecule has 0 aromatic carbocycles. The van der Waals surface area contributed by atoms with Crippen LogP contribution in [0.1, 0.15) is 174 Å². The van der Waals surface area contributed by atoms with Gasteiger partial charge in [-0.2, -0.15) is 5.21 Å². The normalized spacial score (nSPS) is 12.6. The number of Topliss-reactive ketones (excluding diaryl/α,β-unsaturated/α-hetero) is 4. The van der Waals surface area contributed by atoms with E-state index in [1.54, 1.807) is 0 Å². The third-order valence-electron chi connectivity index (χ3n) is 12.5. The van der Waals surface area contributed by atoms with Crippen molar-refractivity contribution in [3.8, 4) is 0 Å². The summed E-state index contributed by atoms with van der Waals surface area (Å²) >= 11 is 0. The number of unbranched alkanes of at least 4 members (excludes halogenated alkanes) is 11. The van der Waals surface area contributed by atoms with Crippen molar-refractivity contribution in [1.29, 1.82) is 0 Å². The first-order chi connectivity index (χ1) is 36.9. The smallest absolute Gasteiger partial charge is 0.326 e. The molecular formula is C52H89N7O17S. The van der Waals surface area contributed by atoms with Crippen molar-refractivity contribution in [1.82, 2.24) is 36.6 Å². The second kappa shape index (κ2) is 44.8. The number of aromatic amines is 1. The number of carbonyl (C=O) groups is 9. The zero-order valence-electron chi connectivity index (χ0n) is 45.7. The van der Waals surface area contributed by atoms with Crippen LogP contribution in [0.5, 0.6) is 0 Å². The molecule has 0 aliphatic rings. The van der Waals surface area contributed by atoms with E-state index in [9.17, 15) is 61.8 Å². The molecule has 1 rings (SSSR count). The Morgan fingerprint density at radius 1 is 0.558 bits per heavy atom. The summed E-state index contributed by atoms with van der Waals surface area (Å²) in [6.45, 7) is 4.14.